The fraction of sp³-hybridized carbons (Fsp3) is 0.300. The number of aliphatic imine (C=N–C) groups is 1. The molecule has 0 saturated heterocycles. The first-order chi connectivity index (χ1) is 7.67. The van der Waals surface area contributed by atoms with Gasteiger partial charge in [0.1, 0.15) is 5.82 Å². The molecule has 4 N–H and O–H groups in total. The van der Waals surface area contributed by atoms with Crippen LogP contribution in [0.15, 0.2) is 27.7 Å². The van der Waals surface area contributed by atoms with Crippen LogP contribution in [0.3, 0.4) is 0 Å². The summed E-state index contributed by atoms with van der Waals surface area (Å²) in [6.07, 6.45) is 0.914. The Hall–Kier alpha value is -1.14. The van der Waals surface area contributed by atoms with Crippen molar-refractivity contribution >= 4 is 27.6 Å². The Balaban J connectivity index is 2.81. The van der Waals surface area contributed by atoms with E-state index in [1.807, 2.05) is 6.92 Å². The summed E-state index contributed by atoms with van der Waals surface area (Å²) < 4.78 is 13.7. The minimum Gasteiger partial charge on any atom is -0.324 e. The molecule has 0 radical (unpaired) electrons. The van der Waals surface area contributed by atoms with E-state index in [-0.39, 0.29) is 5.82 Å². The van der Waals surface area contributed by atoms with Crippen molar-refractivity contribution in [2.75, 3.05) is 11.9 Å². The number of nitrogens with two attached hydrogens (primary N) is 1. The van der Waals surface area contributed by atoms with Gasteiger partial charge in [0.05, 0.1) is 5.69 Å². The van der Waals surface area contributed by atoms with Crippen LogP contribution >= 0.6 is 15.9 Å². The molecule has 0 heterocycles. The van der Waals surface area contributed by atoms with Crippen molar-refractivity contribution in [3.63, 3.8) is 0 Å². The molecule has 1 aromatic carbocycles. The van der Waals surface area contributed by atoms with Crippen LogP contribution in [-0.2, 0) is 0 Å². The molecular weight excluding hydrogens is 275 g/mol. The van der Waals surface area contributed by atoms with E-state index in [9.17, 15) is 4.39 Å². The Morgan fingerprint density at radius 1 is 1.56 bits per heavy atom. The van der Waals surface area contributed by atoms with Gasteiger partial charge in [-0.05, 0) is 40.5 Å². The van der Waals surface area contributed by atoms with Gasteiger partial charge in [-0.2, -0.15) is 0 Å². The van der Waals surface area contributed by atoms with E-state index in [4.69, 9.17) is 5.84 Å². The molecule has 16 heavy (non-hydrogen) atoms. The van der Waals surface area contributed by atoms with Gasteiger partial charge in [0, 0.05) is 11.0 Å². The predicted octanol–water partition coefficient (Wildman–Crippen LogP) is 2.23. The van der Waals surface area contributed by atoms with E-state index in [2.05, 4.69) is 31.7 Å². The van der Waals surface area contributed by atoms with Crippen LogP contribution in [0, 0.1) is 5.82 Å². The Kier molecular flexibility index (Phi) is 5.21. The van der Waals surface area contributed by atoms with Gasteiger partial charge in [0.25, 0.3) is 0 Å². The number of benzene rings is 1. The highest BCUT2D eigenvalue weighted by molar-refractivity contribution is 9.10. The summed E-state index contributed by atoms with van der Waals surface area (Å²) in [6.45, 7) is 2.66. The number of rotatable bonds is 3. The van der Waals surface area contributed by atoms with Gasteiger partial charge in [-0.25, -0.2) is 10.2 Å². The van der Waals surface area contributed by atoms with E-state index in [0.29, 0.717) is 18.2 Å². The molecule has 0 aromatic heterocycles. The third-order valence-corrected chi connectivity index (χ3v) is 2.50. The minimum atomic E-state index is -0.322. The van der Waals surface area contributed by atoms with Crippen LogP contribution in [0.1, 0.15) is 13.3 Å². The van der Waals surface area contributed by atoms with Crippen molar-refractivity contribution in [3.8, 4) is 0 Å². The zero-order chi connectivity index (χ0) is 12.0. The summed E-state index contributed by atoms with van der Waals surface area (Å²) in [5, 5.41) is 2.90. The quantitative estimate of drug-likeness (QED) is 0.346. The summed E-state index contributed by atoms with van der Waals surface area (Å²) in [5.41, 5.74) is 3.00. The summed E-state index contributed by atoms with van der Waals surface area (Å²) >= 11 is 3.30. The van der Waals surface area contributed by atoms with Gasteiger partial charge in [-0.1, -0.05) is 6.92 Å². The average molecular weight is 289 g/mol. The molecule has 6 heteroatoms. The maximum atomic E-state index is 13.0. The first-order valence-electron chi connectivity index (χ1n) is 4.90. The SMILES string of the molecule is CCCN=C(NN)Nc1cc(F)ccc1Br. The van der Waals surface area contributed by atoms with Crippen LogP contribution in [0.25, 0.3) is 0 Å². The molecular formula is C10H14BrFN4. The van der Waals surface area contributed by atoms with Gasteiger partial charge in [-0.15, -0.1) is 0 Å². The van der Waals surface area contributed by atoms with Crippen LogP contribution in [0.4, 0.5) is 10.1 Å². The summed E-state index contributed by atoms with van der Waals surface area (Å²) in [6, 6.07) is 4.35. The number of hydrazine groups is 1. The molecule has 0 unspecified atom stereocenters. The Bertz CT molecular complexity index is 381. The van der Waals surface area contributed by atoms with Crippen molar-refractivity contribution in [2.45, 2.75) is 13.3 Å². The maximum Gasteiger partial charge on any atom is 0.210 e. The molecule has 0 spiro atoms. The summed E-state index contributed by atoms with van der Waals surface area (Å²) in [4.78, 5) is 4.15. The second-order valence-corrected chi connectivity index (χ2v) is 3.98. The molecule has 4 nitrogen and oxygen atoms in total. The molecule has 0 amide bonds. The highest BCUT2D eigenvalue weighted by atomic mass is 79.9. The zero-order valence-electron chi connectivity index (χ0n) is 8.93. The fourth-order valence-corrected chi connectivity index (χ4v) is 1.41. The molecule has 0 bridgehead atoms. The Morgan fingerprint density at radius 2 is 2.31 bits per heavy atom. The molecule has 0 atom stereocenters. The lowest BCUT2D eigenvalue weighted by Crippen LogP contribution is -2.36. The molecule has 0 fully saturated rings. The maximum absolute atomic E-state index is 13.0. The highest BCUT2D eigenvalue weighted by Gasteiger charge is 2.03. The van der Waals surface area contributed by atoms with Crippen LogP contribution in [0.2, 0.25) is 0 Å². The number of guanidine groups is 1. The first-order valence-corrected chi connectivity index (χ1v) is 5.69. The van der Waals surface area contributed by atoms with Crippen molar-refractivity contribution in [1.29, 1.82) is 0 Å². The number of nitrogens with zero attached hydrogens (tertiary/aromatic N) is 1. The highest BCUT2D eigenvalue weighted by Crippen LogP contribution is 2.22. The van der Waals surface area contributed by atoms with E-state index >= 15 is 0 Å². The Morgan fingerprint density at radius 3 is 2.94 bits per heavy atom. The van der Waals surface area contributed by atoms with Crippen molar-refractivity contribution in [1.82, 2.24) is 5.43 Å². The molecule has 0 aliphatic rings. The van der Waals surface area contributed by atoms with Crippen LogP contribution in [0.5, 0.6) is 0 Å². The van der Waals surface area contributed by atoms with Crippen LogP contribution < -0.4 is 16.6 Å². The first kappa shape index (κ1) is 12.9. The van der Waals surface area contributed by atoms with Gasteiger partial charge in [0.2, 0.25) is 5.96 Å². The molecule has 1 aromatic rings. The fourth-order valence-electron chi connectivity index (χ4n) is 1.07. The van der Waals surface area contributed by atoms with Crippen molar-refractivity contribution < 1.29 is 4.39 Å². The minimum absolute atomic E-state index is 0.322. The third-order valence-electron chi connectivity index (χ3n) is 1.81. The van der Waals surface area contributed by atoms with E-state index in [0.717, 1.165) is 10.9 Å². The summed E-state index contributed by atoms with van der Waals surface area (Å²) in [7, 11) is 0. The topological polar surface area (TPSA) is 62.4 Å². The number of anilines is 1. The molecule has 0 aliphatic heterocycles. The lowest BCUT2D eigenvalue weighted by atomic mass is 10.3. The largest absolute Gasteiger partial charge is 0.324 e. The monoisotopic (exact) mass is 288 g/mol. The van der Waals surface area contributed by atoms with Crippen molar-refractivity contribution in [3.05, 3.63) is 28.5 Å². The predicted molar refractivity (Wildman–Crippen MR) is 67.6 cm³/mol. The lowest BCUT2D eigenvalue weighted by Gasteiger charge is -2.10. The van der Waals surface area contributed by atoms with Gasteiger partial charge < -0.3 is 5.32 Å². The molecule has 0 saturated carbocycles. The van der Waals surface area contributed by atoms with Gasteiger partial charge in [-0.3, -0.25) is 10.4 Å². The smallest absolute Gasteiger partial charge is 0.210 e. The van der Waals surface area contributed by atoms with E-state index < -0.39 is 0 Å². The second kappa shape index (κ2) is 6.44. The normalized spacial score (nSPS) is 11.4. The second-order valence-electron chi connectivity index (χ2n) is 3.12. The van der Waals surface area contributed by atoms with E-state index in [1.165, 1.54) is 12.1 Å². The number of halogens is 2. The third kappa shape index (κ3) is 3.79. The van der Waals surface area contributed by atoms with E-state index in [1.54, 1.807) is 6.07 Å². The number of hydrogen-bond acceptors (Lipinski definition) is 2. The van der Waals surface area contributed by atoms with Crippen molar-refractivity contribution in [2.24, 2.45) is 10.8 Å². The lowest BCUT2D eigenvalue weighted by molar-refractivity contribution is 0.628. The molecule has 1 rings (SSSR count). The van der Waals surface area contributed by atoms with Crippen LogP contribution in [-0.4, -0.2) is 12.5 Å². The molecule has 0 aliphatic carbocycles. The van der Waals surface area contributed by atoms with Gasteiger partial charge >= 0.3 is 0 Å². The average Bonchev–Trinajstić information content (AvgIpc) is 2.28. The molecule has 88 valence electrons. The Labute approximate surface area is 102 Å². The number of nitrogens with one attached hydrogen (secondary N) is 2. The van der Waals surface area contributed by atoms with Gasteiger partial charge in [0.15, 0.2) is 0 Å². The zero-order valence-corrected chi connectivity index (χ0v) is 10.5. The standard InChI is InChI=1S/C10H14BrFN4/c1-2-5-14-10(16-13)15-9-6-7(12)3-4-8(9)11/h3-4,6H,2,5,13H2,1H3,(H2,14,15,16). The number of hydrogen-bond donors (Lipinski definition) is 3. The summed E-state index contributed by atoms with van der Waals surface area (Å²) in [5.74, 6) is 5.39.